The zero-order chi connectivity index (χ0) is 21.5. The van der Waals surface area contributed by atoms with Crippen molar-refractivity contribution in [3.63, 3.8) is 0 Å². The quantitative estimate of drug-likeness (QED) is 0.628. The number of carbonyl (C=O) groups is 3. The Hall–Kier alpha value is -3.75. The SMILES string of the molecule is COc1cccc(C(=O)NCC(=O)O[C@H](C)C(=O)NCc2ccc3c(c2)OCO3)c1. The van der Waals surface area contributed by atoms with Crippen molar-refractivity contribution < 1.29 is 33.3 Å². The van der Waals surface area contributed by atoms with Crippen LogP contribution in [-0.2, 0) is 20.9 Å². The van der Waals surface area contributed by atoms with Crippen molar-refractivity contribution in [2.24, 2.45) is 0 Å². The summed E-state index contributed by atoms with van der Waals surface area (Å²) in [5.74, 6) is 0.164. The molecule has 1 aliphatic heterocycles. The van der Waals surface area contributed by atoms with Crippen LogP contribution >= 0.6 is 0 Å². The topological polar surface area (TPSA) is 112 Å². The summed E-state index contributed by atoms with van der Waals surface area (Å²) < 4.78 is 20.7. The Morgan fingerprint density at radius 3 is 2.67 bits per heavy atom. The lowest BCUT2D eigenvalue weighted by molar-refractivity contribution is -0.153. The van der Waals surface area contributed by atoms with Crippen molar-refractivity contribution in [2.75, 3.05) is 20.4 Å². The molecule has 0 fully saturated rings. The highest BCUT2D eigenvalue weighted by atomic mass is 16.7. The largest absolute Gasteiger partial charge is 0.497 e. The molecule has 2 N–H and O–H groups in total. The highest BCUT2D eigenvalue weighted by Crippen LogP contribution is 2.32. The third-order valence-electron chi connectivity index (χ3n) is 4.31. The highest BCUT2D eigenvalue weighted by Gasteiger charge is 2.19. The van der Waals surface area contributed by atoms with Gasteiger partial charge in [0.15, 0.2) is 17.6 Å². The maximum Gasteiger partial charge on any atom is 0.326 e. The summed E-state index contributed by atoms with van der Waals surface area (Å²) in [4.78, 5) is 36.2. The van der Waals surface area contributed by atoms with E-state index in [0.717, 1.165) is 5.56 Å². The number of esters is 1. The average Bonchev–Trinajstić information content (AvgIpc) is 3.23. The van der Waals surface area contributed by atoms with Gasteiger partial charge in [-0.15, -0.1) is 0 Å². The minimum atomic E-state index is -1.01. The Kier molecular flexibility index (Phi) is 6.74. The minimum absolute atomic E-state index is 0.173. The van der Waals surface area contributed by atoms with Crippen molar-refractivity contribution in [2.45, 2.75) is 19.6 Å². The molecular weight excluding hydrogens is 392 g/mol. The second kappa shape index (κ2) is 9.64. The van der Waals surface area contributed by atoms with Crippen LogP contribution in [0.3, 0.4) is 0 Å². The number of rotatable bonds is 8. The first-order valence-electron chi connectivity index (χ1n) is 9.24. The summed E-state index contributed by atoms with van der Waals surface area (Å²) in [6, 6.07) is 11.8. The van der Waals surface area contributed by atoms with Crippen LogP contribution in [0.1, 0.15) is 22.8 Å². The molecular formula is C21H22N2O7. The van der Waals surface area contributed by atoms with E-state index < -0.39 is 23.9 Å². The van der Waals surface area contributed by atoms with Crippen LogP contribution in [0.5, 0.6) is 17.2 Å². The molecule has 0 saturated carbocycles. The summed E-state index contributed by atoms with van der Waals surface area (Å²) in [7, 11) is 1.49. The molecule has 2 aromatic rings. The van der Waals surface area contributed by atoms with Crippen LogP contribution in [-0.4, -0.2) is 44.3 Å². The summed E-state index contributed by atoms with van der Waals surface area (Å²) in [5.41, 5.74) is 1.16. The lowest BCUT2D eigenvalue weighted by atomic mass is 10.2. The molecule has 0 spiro atoms. The standard InChI is InChI=1S/C21H22N2O7/c1-13(20(25)22-10-14-6-7-17-18(8-14)29-12-28-17)30-19(24)11-23-21(26)15-4-3-5-16(9-15)27-2/h3-9,13H,10-12H2,1-2H3,(H,22,25)(H,23,26)/t13-/m1/s1. The molecule has 1 atom stereocenters. The second-order valence-electron chi connectivity index (χ2n) is 6.45. The van der Waals surface area contributed by atoms with E-state index in [2.05, 4.69) is 10.6 Å². The predicted molar refractivity (Wildman–Crippen MR) is 105 cm³/mol. The first-order chi connectivity index (χ1) is 14.5. The lowest BCUT2D eigenvalue weighted by Crippen LogP contribution is -2.38. The number of hydrogen-bond acceptors (Lipinski definition) is 7. The van der Waals surface area contributed by atoms with Gasteiger partial charge in [-0.2, -0.15) is 0 Å². The van der Waals surface area contributed by atoms with Crippen LogP contribution < -0.4 is 24.8 Å². The minimum Gasteiger partial charge on any atom is -0.497 e. The molecule has 3 rings (SSSR count). The first-order valence-corrected chi connectivity index (χ1v) is 9.24. The van der Waals surface area contributed by atoms with E-state index in [-0.39, 0.29) is 19.9 Å². The summed E-state index contributed by atoms with van der Waals surface area (Å²) in [6.45, 7) is 1.50. The van der Waals surface area contributed by atoms with Gasteiger partial charge in [0, 0.05) is 12.1 Å². The number of benzene rings is 2. The first kappa shape index (κ1) is 21.0. The fourth-order valence-electron chi connectivity index (χ4n) is 2.69. The molecule has 1 aliphatic rings. The molecule has 2 amide bonds. The van der Waals surface area contributed by atoms with Crippen molar-refractivity contribution in [1.29, 1.82) is 0 Å². The summed E-state index contributed by atoms with van der Waals surface area (Å²) in [6.07, 6.45) is -1.01. The number of nitrogens with one attached hydrogen (secondary N) is 2. The highest BCUT2D eigenvalue weighted by molar-refractivity contribution is 5.96. The van der Waals surface area contributed by atoms with Gasteiger partial charge in [-0.1, -0.05) is 12.1 Å². The van der Waals surface area contributed by atoms with Crippen molar-refractivity contribution in [1.82, 2.24) is 10.6 Å². The fourth-order valence-corrected chi connectivity index (χ4v) is 2.69. The summed E-state index contributed by atoms with van der Waals surface area (Å²) in [5, 5.41) is 5.13. The maximum absolute atomic E-state index is 12.2. The Morgan fingerprint density at radius 2 is 1.87 bits per heavy atom. The molecule has 9 nitrogen and oxygen atoms in total. The zero-order valence-electron chi connectivity index (χ0n) is 16.6. The van der Waals surface area contributed by atoms with Crippen LogP contribution in [0.15, 0.2) is 42.5 Å². The van der Waals surface area contributed by atoms with Gasteiger partial charge < -0.3 is 29.6 Å². The van der Waals surface area contributed by atoms with E-state index in [1.807, 2.05) is 0 Å². The third-order valence-corrected chi connectivity index (χ3v) is 4.31. The van der Waals surface area contributed by atoms with Gasteiger partial charge in [0.1, 0.15) is 12.3 Å². The normalized spacial score (nSPS) is 12.6. The number of amides is 2. The van der Waals surface area contributed by atoms with Crippen LogP contribution in [0.4, 0.5) is 0 Å². The van der Waals surface area contributed by atoms with Crippen molar-refractivity contribution in [3.8, 4) is 17.2 Å². The second-order valence-corrected chi connectivity index (χ2v) is 6.45. The number of ether oxygens (including phenoxy) is 4. The lowest BCUT2D eigenvalue weighted by Gasteiger charge is -2.14. The van der Waals surface area contributed by atoms with Crippen LogP contribution in [0.2, 0.25) is 0 Å². The molecule has 0 radical (unpaired) electrons. The molecule has 158 valence electrons. The molecule has 0 aromatic heterocycles. The number of fused-ring (bicyclic) bond motifs is 1. The van der Waals surface area contributed by atoms with Crippen LogP contribution in [0.25, 0.3) is 0 Å². The molecule has 30 heavy (non-hydrogen) atoms. The number of methoxy groups -OCH3 is 1. The Morgan fingerprint density at radius 1 is 1.07 bits per heavy atom. The van der Waals surface area contributed by atoms with Gasteiger partial charge >= 0.3 is 5.97 Å². The molecule has 1 heterocycles. The zero-order valence-corrected chi connectivity index (χ0v) is 16.6. The van der Waals surface area contributed by atoms with Gasteiger partial charge in [0.25, 0.3) is 11.8 Å². The van der Waals surface area contributed by atoms with Gasteiger partial charge in [-0.05, 0) is 42.8 Å². The molecule has 0 saturated heterocycles. The number of hydrogen-bond donors (Lipinski definition) is 2. The van der Waals surface area contributed by atoms with Crippen molar-refractivity contribution in [3.05, 3.63) is 53.6 Å². The van der Waals surface area contributed by atoms with E-state index in [1.54, 1.807) is 42.5 Å². The fraction of sp³-hybridized carbons (Fsp3) is 0.286. The number of carbonyl (C=O) groups excluding carboxylic acids is 3. The van der Waals surface area contributed by atoms with E-state index in [0.29, 0.717) is 22.8 Å². The van der Waals surface area contributed by atoms with E-state index in [9.17, 15) is 14.4 Å². The Labute approximate surface area is 173 Å². The smallest absolute Gasteiger partial charge is 0.326 e. The monoisotopic (exact) mass is 414 g/mol. The van der Waals surface area contributed by atoms with Gasteiger partial charge in [0.05, 0.1) is 7.11 Å². The van der Waals surface area contributed by atoms with E-state index in [4.69, 9.17) is 18.9 Å². The average molecular weight is 414 g/mol. The molecule has 0 aliphatic carbocycles. The van der Waals surface area contributed by atoms with Crippen molar-refractivity contribution >= 4 is 17.8 Å². The van der Waals surface area contributed by atoms with E-state index >= 15 is 0 Å². The summed E-state index contributed by atoms with van der Waals surface area (Å²) >= 11 is 0. The Balaban J connectivity index is 1.42. The van der Waals surface area contributed by atoms with Gasteiger partial charge in [-0.3, -0.25) is 14.4 Å². The third kappa shape index (κ3) is 5.40. The Bertz CT molecular complexity index is 945. The van der Waals surface area contributed by atoms with Gasteiger partial charge in [-0.25, -0.2) is 0 Å². The van der Waals surface area contributed by atoms with Crippen LogP contribution in [0, 0.1) is 0 Å². The van der Waals surface area contributed by atoms with Gasteiger partial charge in [0.2, 0.25) is 6.79 Å². The molecule has 0 bridgehead atoms. The maximum atomic E-state index is 12.2. The van der Waals surface area contributed by atoms with E-state index in [1.165, 1.54) is 14.0 Å². The molecule has 2 aromatic carbocycles. The molecule has 0 unspecified atom stereocenters. The predicted octanol–water partition coefficient (Wildman–Crippen LogP) is 1.40. The molecule has 9 heteroatoms.